The van der Waals surface area contributed by atoms with Crippen molar-refractivity contribution in [2.45, 2.75) is 4.90 Å². The van der Waals surface area contributed by atoms with Crippen molar-refractivity contribution in [3.63, 3.8) is 0 Å². The third kappa shape index (κ3) is 3.46. The molecule has 1 aromatic rings. The number of hydrogen-bond acceptors (Lipinski definition) is 3. The highest BCUT2D eigenvalue weighted by atomic mass is 32.2. The summed E-state index contributed by atoms with van der Waals surface area (Å²) in [6.45, 7) is 0. The molecule has 1 aromatic carbocycles. The first kappa shape index (κ1) is 10.5. The summed E-state index contributed by atoms with van der Waals surface area (Å²) in [6.07, 6.45) is 1.54. The third-order valence-electron chi connectivity index (χ3n) is 1.38. The van der Waals surface area contributed by atoms with Crippen LogP contribution in [0.4, 0.5) is 4.39 Å². The van der Waals surface area contributed by atoms with E-state index in [0.29, 0.717) is 0 Å². The van der Waals surface area contributed by atoms with Crippen LogP contribution in [0.3, 0.4) is 0 Å². The lowest BCUT2D eigenvalue weighted by molar-refractivity contribution is -0.117. The number of carbonyl (C=O) groups excluding carboxylic acids is 1. The van der Waals surface area contributed by atoms with Crippen LogP contribution in [0.25, 0.3) is 0 Å². The molecule has 14 heavy (non-hydrogen) atoms. The zero-order chi connectivity index (χ0) is 10.4. The Kier molecular flexibility index (Phi) is 3.95. The molecule has 0 heterocycles. The summed E-state index contributed by atoms with van der Waals surface area (Å²) in [5, 5.41) is 10.1. The van der Waals surface area contributed by atoms with Gasteiger partial charge in [0.05, 0.1) is 5.75 Å². The summed E-state index contributed by atoms with van der Waals surface area (Å²) in [7, 11) is 0. The minimum atomic E-state index is -0.359. The quantitative estimate of drug-likeness (QED) is 0.467. The van der Waals surface area contributed by atoms with Gasteiger partial charge >= 0.3 is 0 Å². The average molecular weight is 210 g/mol. The molecule has 0 fully saturated rings. The highest BCUT2D eigenvalue weighted by molar-refractivity contribution is 8.00. The highest BCUT2D eigenvalue weighted by Gasteiger charge is 2.01. The van der Waals surface area contributed by atoms with E-state index in [2.05, 4.69) is 0 Å². The monoisotopic (exact) mass is 210 g/mol. The van der Waals surface area contributed by atoms with Crippen molar-refractivity contribution in [3.05, 3.63) is 30.1 Å². The van der Waals surface area contributed by atoms with E-state index in [4.69, 9.17) is 5.26 Å². The molecule has 0 saturated heterocycles. The minimum absolute atomic E-state index is 0.152. The van der Waals surface area contributed by atoms with Gasteiger partial charge in [-0.05, 0) is 24.3 Å². The maximum absolute atomic E-state index is 12.5. The first-order valence-electron chi connectivity index (χ1n) is 3.78. The number of nitrogens with zero attached hydrogens (tertiary/aromatic N) is 1. The SMILES string of the molecule is N#CNC(=O)CSc1ccc(F)cc1. The predicted molar refractivity (Wildman–Crippen MR) is 50.9 cm³/mol. The molecular weight excluding hydrogens is 203 g/mol. The van der Waals surface area contributed by atoms with Crippen LogP contribution < -0.4 is 5.32 Å². The van der Waals surface area contributed by atoms with Gasteiger partial charge in [-0.25, -0.2) is 4.39 Å². The lowest BCUT2D eigenvalue weighted by Gasteiger charge is -1.98. The van der Waals surface area contributed by atoms with Crippen molar-refractivity contribution in [2.75, 3.05) is 5.75 Å². The van der Waals surface area contributed by atoms with E-state index in [-0.39, 0.29) is 17.5 Å². The predicted octanol–water partition coefficient (Wildman–Crippen LogP) is 1.52. The summed E-state index contributed by atoms with van der Waals surface area (Å²) < 4.78 is 12.5. The molecule has 0 spiro atoms. The lowest BCUT2D eigenvalue weighted by atomic mass is 10.4. The van der Waals surface area contributed by atoms with Gasteiger partial charge in [-0.3, -0.25) is 10.1 Å². The Balaban J connectivity index is 2.43. The van der Waals surface area contributed by atoms with E-state index in [1.807, 2.05) is 5.32 Å². The summed E-state index contributed by atoms with van der Waals surface area (Å²) in [5.41, 5.74) is 0. The van der Waals surface area contributed by atoms with Crippen LogP contribution in [0.15, 0.2) is 29.2 Å². The van der Waals surface area contributed by atoms with E-state index in [1.54, 1.807) is 12.1 Å². The molecular formula is C9H7FN2OS. The summed E-state index contributed by atoms with van der Waals surface area (Å²) in [5.74, 6) is -0.517. The van der Waals surface area contributed by atoms with Gasteiger partial charge in [0.1, 0.15) is 5.82 Å². The molecule has 0 aliphatic rings. The van der Waals surface area contributed by atoms with Crippen molar-refractivity contribution >= 4 is 17.7 Å². The molecule has 72 valence electrons. The molecule has 5 heteroatoms. The molecule has 0 unspecified atom stereocenters. The van der Waals surface area contributed by atoms with Crippen molar-refractivity contribution in [2.24, 2.45) is 0 Å². The number of nitrogens with one attached hydrogen (secondary N) is 1. The molecule has 1 rings (SSSR count). The van der Waals surface area contributed by atoms with Crippen LogP contribution in [0.2, 0.25) is 0 Å². The van der Waals surface area contributed by atoms with Crippen LogP contribution >= 0.6 is 11.8 Å². The zero-order valence-electron chi connectivity index (χ0n) is 7.16. The Labute approximate surface area is 84.9 Å². The largest absolute Gasteiger partial charge is 0.273 e. The van der Waals surface area contributed by atoms with Crippen LogP contribution in [0.1, 0.15) is 0 Å². The second kappa shape index (κ2) is 5.25. The number of nitriles is 1. The number of benzene rings is 1. The Morgan fingerprint density at radius 2 is 2.14 bits per heavy atom. The minimum Gasteiger partial charge on any atom is -0.273 e. The second-order valence-corrected chi connectivity index (χ2v) is 3.45. The summed E-state index contributed by atoms with van der Waals surface area (Å²) in [6, 6.07) is 5.81. The van der Waals surface area contributed by atoms with Gasteiger partial charge in [-0.15, -0.1) is 11.8 Å². The Morgan fingerprint density at radius 3 is 2.71 bits per heavy atom. The van der Waals surface area contributed by atoms with E-state index in [0.717, 1.165) is 4.90 Å². The van der Waals surface area contributed by atoms with Crippen LogP contribution in [-0.2, 0) is 4.79 Å². The van der Waals surface area contributed by atoms with Gasteiger partial charge < -0.3 is 0 Å². The van der Waals surface area contributed by atoms with E-state index in [9.17, 15) is 9.18 Å². The highest BCUT2D eigenvalue weighted by Crippen LogP contribution is 2.17. The fourth-order valence-electron chi connectivity index (χ4n) is 0.778. The maximum atomic E-state index is 12.5. The van der Waals surface area contributed by atoms with Crippen molar-refractivity contribution in [1.82, 2.24) is 5.32 Å². The molecule has 0 aromatic heterocycles. The fraction of sp³-hybridized carbons (Fsp3) is 0.111. The van der Waals surface area contributed by atoms with Crippen LogP contribution in [0.5, 0.6) is 0 Å². The van der Waals surface area contributed by atoms with E-state index in [1.165, 1.54) is 30.1 Å². The Hall–Kier alpha value is -1.54. The number of amides is 1. The molecule has 1 N–H and O–H groups in total. The van der Waals surface area contributed by atoms with Gasteiger partial charge in [0.25, 0.3) is 0 Å². The average Bonchev–Trinajstić information content (AvgIpc) is 2.17. The van der Waals surface area contributed by atoms with Crippen LogP contribution in [-0.4, -0.2) is 11.7 Å². The van der Waals surface area contributed by atoms with Crippen molar-refractivity contribution in [3.8, 4) is 6.19 Å². The molecule has 0 atom stereocenters. The maximum Gasteiger partial charge on any atom is 0.243 e. The molecule has 1 amide bonds. The number of thioether (sulfide) groups is 1. The summed E-state index contributed by atoms with van der Waals surface area (Å²) in [4.78, 5) is 11.6. The van der Waals surface area contributed by atoms with Crippen molar-refractivity contribution < 1.29 is 9.18 Å². The standard InChI is InChI=1S/C9H7FN2OS/c10-7-1-3-8(4-2-7)14-5-9(13)12-6-11/h1-4H,5H2,(H,12,13). The summed E-state index contributed by atoms with van der Waals surface area (Å²) >= 11 is 1.25. The number of halogens is 1. The molecule has 0 aliphatic carbocycles. The number of carbonyl (C=O) groups is 1. The molecule has 0 aliphatic heterocycles. The Bertz CT molecular complexity index is 358. The normalized spacial score (nSPS) is 9.14. The van der Waals surface area contributed by atoms with Crippen molar-refractivity contribution in [1.29, 1.82) is 5.26 Å². The molecule has 0 radical (unpaired) electrons. The third-order valence-corrected chi connectivity index (χ3v) is 2.39. The Morgan fingerprint density at radius 1 is 1.50 bits per heavy atom. The van der Waals surface area contributed by atoms with Gasteiger partial charge in [-0.2, -0.15) is 5.26 Å². The first-order chi connectivity index (χ1) is 6.72. The molecule has 0 bridgehead atoms. The van der Waals surface area contributed by atoms with Gasteiger partial charge in [-0.1, -0.05) is 0 Å². The number of rotatable bonds is 3. The topological polar surface area (TPSA) is 52.9 Å². The first-order valence-corrected chi connectivity index (χ1v) is 4.77. The second-order valence-electron chi connectivity index (χ2n) is 2.40. The fourth-order valence-corrected chi connectivity index (χ4v) is 1.48. The van der Waals surface area contributed by atoms with E-state index >= 15 is 0 Å². The molecule has 3 nitrogen and oxygen atoms in total. The molecule has 0 saturated carbocycles. The smallest absolute Gasteiger partial charge is 0.243 e. The zero-order valence-corrected chi connectivity index (χ0v) is 7.97. The lowest BCUT2D eigenvalue weighted by Crippen LogP contribution is -2.19. The van der Waals surface area contributed by atoms with Gasteiger partial charge in [0.15, 0.2) is 6.19 Å². The van der Waals surface area contributed by atoms with Crippen LogP contribution in [0, 0.1) is 17.3 Å². The van der Waals surface area contributed by atoms with E-state index < -0.39 is 0 Å². The van der Waals surface area contributed by atoms with Gasteiger partial charge in [0.2, 0.25) is 5.91 Å². The van der Waals surface area contributed by atoms with Gasteiger partial charge in [0, 0.05) is 4.90 Å². The number of hydrogen-bond donors (Lipinski definition) is 1.